The molecule has 1 aliphatic carbocycles. The Morgan fingerprint density at radius 2 is 2.04 bits per heavy atom. The second kappa shape index (κ2) is 6.04. The van der Waals surface area contributed by atoms with Gasteiger partial charge in [0.15, 0.2) is 15.5 Å². The largest absolute Gasteiger partial charge is 0.350 e. The van der Waals surface area contributed by atoms with Gasteiger partial charge in [-0.3, -0.25) is 4.79 Å². The van der Waals surface area contributed by atoms with Crippen LogP contribution in [0.5, 0.6) is 0 Å². The van der Waals surface area contributed by atoms with Crippen LogP contribution >= 0.6 is 0 Å². The van der Waals surface area contributed by atoms with E-state index in [2.05, 4.69) is 10.4 Å². The van der Waals surface area contributed by atoms with E-state index in [9.17, 15) is 13.2 Å². The van der Waals surface area contributed by atoms with Crippen LogP contribution < -0.4 is 5.32 Å². The second-order valence-corrected chi connectivity index (χ2v) is 10.0. The Kier molecular flexibility index (Phi) is 4.06. The molecule has 1 N–H and O–H groups in total. The fraction of sp³-hybridized carbons (Fsp3) is 0.611. The maximum atomic E-state index is 12.8. The van der Waals surface area contributed by atoms with E-state index < -0.39 is 9.84 Å². The van der Waals surface area contributed by atoms with Gasteiger partial charge in [0, 0.05) is 17.7 Å². The lowest BCUT2D eigenvalue weighted by atomic mass is 10.1. The van der Waals surface area contributed by atoms with E-state index in [1.807, 2.05) is 26.8 Å². The smallest absolute Gasteiger partial charge is 0.252 e. The van der Waals surface area contributed by atoms with E-state index >= 15 is 0 Å². The second-order valence-electron chi connectivity index (χ2n) is 7.78. The fourth-order valence-corrected chi connectivity index (χ4v) is 5.35. The molecule has 4 rings (SSSR count). The van der Waals surface area contributed by atoms with Gasteiger partial charge in [-0.15, -0.1) is 0 Å². The molecule has 2 aromatic heterocycles. The van der Waals surface area contributed by atoms with Crippen LogP contribution in [0.3, 0.4) is 0 Å². The molecule has 140 valence electrons. The number of carbonyl (C=O) groups is 1. The van der Waals surface area contributed by atoms with Crippen LogP contribution in [0.1, 0.15) is 66.8 Å². The van der Waals surface area contributed by atoms with E-state index in [-0.39, 0.29) is 29.5 Å². The van der Waals surface area contributed by atoms with Gasteiger partial charge in [0.25, 0.3) is 5.91 Å². The van der Waals surface area contributed by atoms with Gasteiger partial charge in [0.05, 0.1) is 34.2 Å². The average Bonchev–Trinajstić information content (AvgIpc) is 3.27. The van der Waals surface area contributed by atoms with Gasteiger partial charge in [0.2, 0.25) is 0 Å². The molecule has 7 nitrogen and oxygen atoms in total. The Bertz CT molecular complexity index is 990. The van der Waals surface area contributed by atoms with Crippen molar-refractivity contribution >= 4 is 26.8 Å². The van der Waals surface area contributed by atoms with Crippen LogP contribution in [0.15, 0.2) is 6.07 Å². The number of pyridine rings is 1. The molecule has 0 aromatic carbocycles. The number of nitrogens with one attached hydrogen (secondary N) is 1. The third kappa shape index (κ3) is 3.11. The molecule has 0 spiro atoms. The van der Waals surface area contributed by atoms with Gasteiger partial charge in [-0.25, -0.2) is 18.1 Å². The highest BCUT2D eigenvalue weighted by atomic mass is 32.2. The summed E-state index contributed by atoms with van der Waals surface area (Å²) in [6, 6.07) is 1.71. The molecule has 0 bridgehead atoms. The van der Waals surface area contributed by atoms with E-state index in [0.717, 1.165) is 23.9 Å². The normalized spacial score (nSPS) is 22.2. The van der Waals surface area contributed by atoms with Gasteiger partial charge in [-0.1, -0.05) is 0 Å². The molecule has 1 saturated carbocycles. The summed E-state index contributed by atoms with van der Waals surface area (Å²) in [5, 5.41) is 8.28. The van der Waals surface area contributed by atoms with Crippen LogP contribution in [0.2, 0.25) is 0 Å². The first-order chi connectivity index (χ1) is 12.2. The zero-order valence-corrected chi connectivity index (χ0v) is 16.1. The van der Waals surface area contributed by atoms with Crippen molar-refractivity contribution in [1.29, 1.82) is 0 Å². The number of amides is 1. The molecule has 26 heavy (non-hydrogen) atoms. The van der Waals surface area contributed by atoms with Crippen molar-refractivity contribution in [2.45, 2.75) is 58.0 Å². The Labute approximate surface area is 153 Å². The van der Waals surface area contributed by atoms with Gasteiger partial charge in [-0.05, 0) is 46.1 Å². The molecule has 1 saturated heterocycles. The first-order valence-corrected chi connectivity index (χ1v) is 11.0. The number of carbonyl (C=O) groups excluding carboxylic acids is 1. The zero-order chi connectivity index (χ0) is 18.6. The summed E-state index contributed by atoms with van der Waals surface area (Å²) in [5.41, 5.74) is 2.86. The fourth-order valence-electron chi connectivity index (χ4n) is 3.66. The topological polar surface area (TPSA) is 93.9 Å². The van der Waals surface area contributed by atoms with Crippen LogP contribution in [0, 0.1) is 6.92 Å². The maximum Gasteiger partial charge on any atom is 0.252 e. The number of aryl methyl sites for hydroxylation is 1. The van der Waals surface area contributed by atoms with E-state index in [4.69, 9.17) is 4.98 Å². The molecule has 1 unspecified atom stereocenters. The van der Waals surface area contributed by atoms with Gasteiger partial charge >= 0.3 is 0 Å². The summed E-state index contributed by atoms with van der Waals surface area (Å²) >= 11 is 0. The Morgan fingerprint density at radius 3 is 2.62 bits per heavy atom. The highest BCUT2D eigenvalue weighted by molar-refractivity contribution is 7.91. The van der Waals surface area contributed by atoms with Crippen molar-refractivity contribution in [2.24, 2.45) is 0 Å². The molecule has 2 aromatic rings. The monoisotopic (exact) mass is 376 g/mol. The predicted molar refractivity (Wildman–Crippen MR) is 99.2 cm³/mol. The quantitative estimate of drug-likeness (QED) is 0.882. The number of nitrogens with zero attached hydrogens (tertiary/aromatic N) is 3. The highest BCUT2D eigenvalue weighted by Gasteiger charge is 2.34. The molecule has 8 heteroatoms. The SMILES string of the molecule is Cc1nn(C2CCS(=O)(=O)C2)c2nc(C3CC3)cc(C(=O)NC(C)C)c12. The third-order valence-corrected chi connectivity index (χ3v) is 6.82. The molecule has 2 aliphatic rings. The molecule has 1 aliphatic heterocycles. The van der Waals surface area contributed by atoms with Gasteiger partial charge < -0.3 is 5.32 Å². The summed E-state index contributed by atoms with van der Waals surface area (Å²) in [7, 11) is -3.03. The Morgan fingerprint density at radius 1 is 1.31 bits per heavy atom. The van der Waals surface area contributed by atoms with E-state index in [1.165, 1.54) is 0 Å². The van der Waals surface area contributed by atoms with Crippen LogP contribution in [0.4, 0.5) is 0 Å². The number of hydrogen-bond acceptors (Lipinski definition) is 5. The Hall–Kier alpha value is -1.96. The molecule has 1 amide bonds. The summed E-state index contributed by atoms with van der Waals surface area (Å²) < 4.78 is 25.6. The summed E-state index contributed by atoms with van der Waals surface area (Å²) in [6.07, 6.45) is 2.70. The van der Waals surface area contributed by atoms with Crippen molar-refractivity contribution in [2.75, 3.05) is 11.5 Å². The third-order valence-electron chi connectivity index (χ3n) is 5.07. The lowest BCUT2D eigenvalue weighted by Crippen LogP contribution is -2.30. The highest BCUT2D eigenvalue weighted by Crippen LogP contribution is 2.41. The van der Waals surface area contributed by atoms with Crippen LogP contribution in [-0.4, -0.2) is 46.6 Å². The first-order valence-electron chi connectivity index (χ1n) is 9.16. The molecule has 3 heterocycles. The van der Waals surface area contributed by atoms with Crippen LogP contribution in [0.25, 0.3) is 11.0 Å². The standard InChI is InChI=1S/C18H24N4O3S/c1-10(2)19-18(23)14-8-15(12-4-5-12)20-17-16(14)11(3)21-22(17)13-6-7-26(24,25)9-13/h8,10,12-13H,4-7,9H2,1-3H3,(H,19,23). The van der Waals surface area contributed by atoms with Crippen molar-refractivity contribution in [3.63, 3.8) is 0 Å². The minimum absolute atomic E-state index is 0.0328. The first kappa shape index (κ1) is 17.5. The predicted octanol–water partition coefficient (Wildman–Crippen LogP) is 2.11. The van der Waals surface area contributed by atoms with E-state index in [1.54, 1.807) is 4.68 Å². The summed E-state index contributed by atoms with van der Waals surface area (Å²) in [6.45, 7) is 5.71. The number of rotatable bonds is 4. The molecule has 0 radical (unpaired) electrons. The molecule has 2 fully saturated rings. The average molecular weight is 376 g/mol. The zero-order valence-electron chi connectivity index (χ0n) is 15.3. The minimum atomic E-state index is -3.03. The molecule has 1 atom stereocenters. The molecular formula is C18H24N4O3S. The van der Waals surface area contributed by atoms with Crippen molar-refractivity contribution in [1.82, 2.24) is 20.1 Å². The lowest BCUT2D eigenvalue weighted by molar-refractivity contribution is 0.0944. The lowest BCUT2D eigenvalue weighted by Gasteiger charge is -2.13. The Balaban J connectivity index is 1.88. The number of fused-ring (bicyclic) bond motifs is 1. The van der Waals surface area contributed by atoms with Gasteiger partial charge in [-0.2, -0.15) is 5.10 Å². The number of sulfone groups is 1. The number of aromatic nitrogens is 3. The van der Waals surface area contributed by atoms with Crippen LogP contribution in [-0.2, 0) is 9.84 Å². The van der Waals surface area contributed by atoms with Crippen molar-refractivity contribution in [3.8, 4) is 0 Å². The van der Waals surface area contributed by atoms with Gasteiger partial charge in [0.1, 0.15) is 0 Å². The van der Waals surface area contributed by atoms with E-state index in [0.29, 0.717) is 29.2 Å². The van der Waals surface area contributed by atoms with Crippen molar-refractivity contribution < 1.29 is 13.2 Å². The maximum absolute atomic E-state index is 12.8. The molecular weight excluding hydrogens is 352 g/mol. The minimum Gasteiger partial charge on any atom is -0.350 e. The van der Waals surface area contributed by atoms with Crippen molar-refractivity contribution in [3.05, 3.63) is 23.0 Å². The number of hydrogen-bond donors (Lipinski definition) is 1. The summed E-state index contributed by atoms with van der Waals surface area (Å²) in [5.74, 6) is 0.532. The summed E-state index contributed by atoms with van der Waals surface area (Å²) in [4.78, 5) is 17.6.